The summed E-state index contributed by atoms with van der Waals surface area (Å²) in [6.07, 6.45) is 0. The molecule has 0 bridgehead atoms. The van der Waals surface area contributed by atoms with Crippen molar-refractivity contribution in [3.63, 3.8) is 0 Å². The van der Waals surface area contributed by atoms with Crippen molar-refractivity contribution in [1.29, 1.82) is 0 Å². The standard InChI is InChI=1S/C20H16ClF2NO2/c1-12-9-17(13(2)24(12)15-5-3-14(22)4-6-15)20(25)11-26-16-7-8-19(23)18(21)10-16/h3-10H,11H2,1-2H3. The summed E-state index contributed by atoms with van der Waals surface area (Å²) < 4.78 is 33.6. The van der Waals surface area contributed by atoms with E-state index in [-0.39, 0.29) is 23.2 Å². The Morgan fingerprint density at radius 3 is 2.42 bits per heavy atom. The van der Waals surface area contributed by atoms with Gasteiger partial charge in [-0.3, -0.25) is 4.79 Å². The van der Waals surface area contributed by atoms with E-state index in [1.807, 2.05) is 18.4 Å². The first-order valence-corrected chi connectivity index (χ1v) is 8.30. The lowest BCUT2D eigenvalue weighted by Gasteiger charge is -2.10. The van der Waals surface area contributed by atoms with E-state index in [4.69, 9.17) is 16.3 Å². The van der Waals surface area contributed by atoms with E-state index in [2.05, 4.69) is 0 Å². The fraction of sp³-hybridized carbons (Fsp3) is 0.150. The minimum Gasteiger partial charge on any atom is -0.485 e. The molecule has 1 aromatic heterocycles. The van der Waals surface area contributed by atoms with Crippen molar-refractivity contribution in [2.75, 3.05) is 6.61 Å². The molecular weight excluding hydrogens is 360 g/mol. The Morgan fingerprint density at radius 1 is 1.08 bits per heavy atom. The number of aryl methyl sites for hydroxylation is 1. The fourth-order valence-electron chi connectivity index (χ4n) is 2.83. The van der Waals surface area contributed by atoms with Crippen LogP contribution in [0.3, 0.4) is 0 Å². The van der Waals surface area contributed by atoms with Gasteiger partial charge in [-0.1, -0.05) is 11.6 Å². The molecule has 0 amide bonds. The van der Waals surface area contributed by atoms with E-state index in [0.29, 0.717) is 11.3 Å². The third-order valence-corrected chi connectivity index (χ3v) is 4.37. The van der Waals surface area contributed by atoms with Gasteiger partial charge >= 0.3 is 0 Å². The van der Waals surface area contributed by atoms with Crippen molar-refractivity contribution < 1.29 is 18.3 Å². The van der Waals surface area contributed by atoms with Gasteiger partial charge in [-0.05, 0) is 56.3 Å². The molecule has 0 saturated carbocycles. The number of ether oxygens (including phenoxy) is 1. The monoisotopic (exact) mass is 375 g/mol. The molecule has 0 atom stereocenters. The Hall–Kier alpha value is -2.66. The highest BCUT2D eigenvalue weighted by Gasteiger charge is 2.17. The van der Waals surface area contributed by atoms with E-state index in [9.17, 15) is 13.6 Å². The first-order chi connectivity index (χ1) is 12.4. The summed E-state index contributed by atoms with van der Waals surface area (Å²) in [6.45, 7) is 3.49. The van der Waals surface area contributed by atoms with Gasteiger partial charge in [0.1, 0.15) is 17.4 Å². The van der Waals surface area contributed by atoms with Gasteiger partial charge in [-0.25, -0.2) is 8.78 Å². The second kappa shape index (κ2) is 7.30. The van der Waals surface area contributed by atoms with Crippen molar-refractivity contribution in [3.8, 4) is 11.4 Å². The molecule has 3 aromatic rings. The van der Waals surface area contributed by atoms with Crippen molar-refractivity contribution in [1.82, 2.24) is 4.57 Å². The molecule has 0 aliphatic heterocycles. The molecule has 0 fully saturated rings. The van der Waals surface area contributed by atoms with Crippen molar-refractivity contribution >= 4 is 17.4 Å². The van der Waals surface area contributed by atoms with Gasteiger partial charge < -0.3 is 9.30 Å². The molecule has 0 spiro atoms. The molecule has 0 aliphatic carbocycles. The predicted octanol–water partition coefficient (Wildman–Crippen LogP) is 5.29. The fourth-order valence-corrected chi connectivity index (χ4v) is 3.00. The molecule has 0 radical (unpaired) electrons. The van der Waals surface area contributed by atoms with Gasteiger partial charge in [-0.2, -0.15) is 0 Å². The van der Waals surface area contributed by atoms with Crippen LogP contribution in [0.2, 0.25) is 5.02 Å². The topological polar surface area (TPSA) is 31.2 Å². The number of hydrogen-bond donors (Lipinski definition) is 0. The number of carbonyl (C=O) groups excluding carboxylic acids is 1. The second-order valence-corrected chi connectivity index (χ2v) is 6.29. The lowest BCUT2D eigenvalue weighted by atomic mass is 10.1. The minimum absolute atomic E-state index is 0.0653. The van der Waals surface area contributed by atoms with Crippen LogP contribution in [0.4, 0.5) is 8.78 Å². The summed E-state index contributed by atoms with van der Waals surface area (Å²) >= 11 is 5.70. The number of carbonyl (C=O) groups is 1. The van der Waals surface area contributed by atoms with E-state index < -0.39 is 5.82 Å². The molecule has 134 valence electrons. The smallest absolute Gasteiger partial charge is 0.202 e. The maximum absolute atomic E-state index is 13.2. The molecule has 26 heavy (non-hydrogen) atoms. The van der Waals surface area contributed by atoms with Crippen LogP contribution >= 0.6 is 11.6 Å². The lowest BCUT2D eigenvalue weighted by molar-refractivity contribution is 0.0921. The van der Waals surface area contributed by atoms with E-state index in [1.165, 1.54) is 30.3 Å². The summed E-state index contributed by atoms with van der Waals surface area (Å²) in [4.78, 5) is 12.5. The maximum atomic E-state index is 13.2. The van der Waals surface area contributed by atoms with Gasteiger partial charge in [0.2, 0.25) is 5.78 Å². The third kappa shape index (κ3) is 3.63. The van der Waals surface area contributed by atoms with Crippen LogP contribution in [0.15, 0.2) is 48.5 Å². The molecule has 0 unspecified atom stereocenters. The number of hydrogen-bond acceptors (Lipinski definition) is 2. The number of Topliss-reactive ketones (excluding diaryl/α,β-unsaturated/α-hetero) is 1. The SMILES string of the molecule is Cc1cc(C(=O)COc2ccc(F)c(Cl)c2)c(C)n1-c1ccc(F)cc1. The number of benzene rings is 2. The highest BCUT2D eigenvalue weighted by molar-refractivity contribution is 6.30. The molecule has 0 N–H and O–H groups in total. The van der Waals surface area contributed by atoms with E-state index in [1.54, 1.807) is 18.2 Å². The zero-order valence-electron chi connectivity index (χ0n) is 14.2. The van der Waals surface area contributed by atoms with Crippen LogP contribution in [0, 0.1) is 25.5 Å². The highest BCUT2D eigenvalue weighted by atomic mass is 35.5. The molecule has 0 saturated heterocycles. The first kappa shape index (κ1) is 18.1. The van der Waals surface area contributed by atoms with Gasteiger partial charge in [-0.15, -0.1) is 0 Å². The largest absolute Gasteiger partial charge is 0.485 e. The van der Waals surface area contributed by atoms with Gasteiger partial charge in [0.15, 0.2) is 6.61 Å². The van der Waals surface area contributed by atoms with Crippen LogP contribution < -0.4 is 4.74 Å². The summed E-state index contributed by atoms with van der Waals surface area (Å²) in [5.41, 5.74) is 2.87. The summed E-state index contributed by atoms with van der Waals surface area (Å²) in [5.74, 6) is -0.768. The molecule has 2 aromatic carbocycles. The van der Waals surface area contributed by atoms with Gasteiger partial charge in [0.25, 0.3) is 0 Å². The van der Waals surface area contributed by atoms with Crippen molar-refractivity contribution in [2.45, 2.75) is 13.8 Å². The van der Waals surface area contributed by atoms with Gasteiger partial charge in [0.05, 0.1) is 5.02 Å². The number of nitrogens with zero attached hydrogens (tertiary/aromatic N) is 1. The number of halogens is 3. The zero-order valence-corrected chi connectivity index (χ0v) is 15.0. The maximum Gasteiger partial charge on any atom is 0.202 e. The number of rotatable bonds is 5. The molecule has 0 aliphatic rings. The second-order valence-electron chi connectivity index (χ2n) is 5.88. The quantitative estimate of drug-likeness (QED) is 0.567. The average Bonchev–Trinajstić information content (AvgIpc) is 2.91. The lowest BCUT2D eigenvalue weighted by Crippen LogP contribution is -2.12. The normalized spacial score (nSPS) is 10.8. The Labute approximate surface area is 154 Å². The van der Waals surface area contributed by atoms with Crippen LogP contribution in [0.1, 0.15) is 21.7 Å². The number of ketones is 1. The minimum atomic E-state index is -0.548. The first-order valence-electron chi connectivity index (χ1n) is 7.92. The van der Waals surface area contributed by atoms with Crippen LogP contribution in [-0.2, 0) is 0 Å². The van der Waals surface area contributed by atoms with Crippen LogP contribution in [0.5, 0.6) is 5.75 Å². The molecular formula is C20H16ClF2NO2. The Balaban J connectivity index is 1.80. The molecule has 1 heterocycles. The van der Waals surface area contributed by atoms with Crippen LogP contribution in [-0.4, -0.2) is 17.0 Å². The van der Waals surface area contributed by atoms with Crippen molar-refractivity contribution in [3.05, 3.63) is 82.1 Å². The predicted molar refractivity (Wildman–Crippen MR) is 96.4 cm³/mol. The van der Waals surface area contributed by atoms with Gasteiger partial charge in [0, 0.05) is 28.7 Å². The zero-order chi connectivity index (χ0) is 18.8. The summed E-state index contributed by atoms with van der Waals surface area (Å²) in [6, 6.07) is 11.7. The van der Waals surface area contributed by atoms with Crippen molar-refractivity contribution in [2.24, 2.45) is 0 Å². The van der Waals surface area contributed by atoms with E-state index >= 15 is 0 Å². The summed E-state index contributed by atoms with van der Waals surface area (Å²) in [5, 5.41) is -0.0653. The Kier molecular flexibility index (Phi) is 5.09. The van der Waals surface area contributed by atoms with E-state index in [0.717, 1.165) is 17.1 Å². The molecule has 3 rings (SSSR count). The Morgan fingerprint density at radius 2 is 1.77 bits per heavy atom. The molecule has 3 nitrogen and oxygen atoms in total. The summed E-state index contributed by atoms with van der Waals surface area (Å²) in [7, 11) is 0. The molecule has 6 heteroatoms. The average molecular weight is 376 g/mol. The highest BCUT2D eigenvalue weighted by Crippen LogP contribution is 2.23. The van der Waals surface area contributed by atoms with Crippen LogP contribution in [0.25, 0.3) is 5.69 Å². The number of aromatic nitrogens is 1. The Bertz CT molecular complexity index is 965. The third-order valence-electron chi connectivity index (χ3n) is 4.08.